The average molecular weight is 310 g/mol. The zero-order chi connectivity index (χ0) is 15.3. The van der Waals surface area contributed by atoms with E-state index in [0.29, 0.717) is 5.92 Å². The Bertz CT molecular complexity index is 437. The summed E-state index contributed by atoms with van der Waals surface area (Å²) < 4.78 is 5.91. The summed E-state index contributed by atoms with van der Waals surface area (Å²) in [5.74, 6) is 1.31. The van der Waals surface area contributed by atoms with E-state index < -0.39 is 0 Å². The minimum Gasteiger partial charge on any atom is -0.381 e. The Morgan fingerprint density at radius 1 is 1.33 bits per heavy atom. The van der Waals surface area contributed by atoms with Crippen molar-refractivity contribution in [3.05, 3.63) is 34.9 Å². The number of hydrogen-bond acceptors (Lipinski definition) is 2. The molecule has 0 aromatic heterocycles. The number of ether oxygens (including phenoxy) is 1. The topological polar surface area (TPSA) is 21.3 Å². The van der Waals surface area contributed by atoms with Gasteiger partial charge in [0.15, 0.2) is 0 Å². The van der Waals surface area contributed by atoms with Gasteiger partial charge in [0.2, 0.25) is 0 Å². The van der Waals surface area contributed by atoms with Crippen LogP contribution in [0.15, 0.2) is 24.3 Å². The van der Waals surface area contributed by atoms with Gasteiger partial charge in [-0.3, -0.25) is 0 Å². The Labute approximate surface area is 134 Å². The first kappa shape index (κ1) is 16.8. The van der Waals surface area contributed by atoms with Gasteiger partial charge in [0.05, 0.1) is 6.61 Å². The molecule has 2 nitrogen and oxygen atoms in total. The molecule has 1 aromatic carbocycles. The lowest BCUT2D eigenvalue weighted by Gasteiger charge is -2.25. The first-order valence-electron chi connectivity index (χ1n) is 7.99. The lowest BCUT2D eigenvalue weighted by atomic mass is 9.98. The second-order valence-corrected chi connectivity index (χ2v) is 7.75. The highest BCUT2D eigenvalue weighted by Crippen LogP contribution is 2.29. The molecule has 0 aliphatic heterocycles. The molecule has 0 bridgehead atoms. The van der Waals surface area contributed by atoms with E-state index >= 15 is 0 Å². The molecule has 118 valence electrons. The van der Waals surface area contributed by atoms with Gasteiger partial charge in [-0.25, -0.2) is 0 Å². The average Bonchev–Trinajstić information content (AvgIpc) is 3.19. The smallest absolute Gasteiger partial charge is 0.0509 e. The Morgan fingerprint density at radius 3 is 2.71 bits per heavy atom. The Balaban J connectivity index is 1.86. The molecule has 0 amide bonds. The molecule has 21 heavy (non-hydrogen) atoms. The molecule has 1 atom stereocenters. The van der Waals surface area contributed by atoms with Crippen LogP contribution in [0.1, 0.15) is 39.2 Å². The molecule has 3 heteroatoms. The van der Waals surface area contributed by atoms with Gasteiger partial charge in [0.1, 0.15) is 0 Å². The number of hydrogen-bond donors (Lipinski definition) is 1. The Hall–Kier alpha value is -0.570. The van der Waals surface area contributed by atoms with Gasteiger partial charge in [0, 0.05) is 23.7 Å². The summed E-state index contributed by atoms with van der Waals surface area (Å²) in [5.41, 5.74) is 1.43. The molecule has 0 spiro atoms. The predicted molar refractivity (Wildman–Crippen MR) is 89.9 cm³/mol. The Morgan fingerprint density at radius 2 is 2.10 bits per heavy atom. The number of nitrogens with one attached hydrogen (secondary N) is 1. The minimum atomic E-state index is 0.142. The van der Waals surface area contributed by atoms with Crippen molar-refractivity contribution in [2.45, 2.75) is 45.6 Å². The van der Waals surface area contributed by atoms with Crippen molar-refractivity contribution < 1.29 is 4.74 Å². The van der Waals surface area contributed by atoms with Crippen LogP contribution >= 0.6 is 11.6 Å². The van der Waals surface area contributed by atoms with Gasteiger partial charge in [-0.05, 0) is 69.6 Å². The fourth-order valence-electron chi connectivity index (χ4n) is 2.32. The number of benzene rings is 1. The van der Waals surface area contributed by atoms with E-state index in [0.717, 1.165) is 37.1 Å². The van der Waals surface area contributed by atoms with Crippen LogP contribution < -0.4 is 5.32 Å². The van der Waals surface area contributed by atoms with E-state index in [1.807, 2.05) is 12.1 Å². The fourth-order valence-corrected chi connectivity index (χ4v) is 2.54. The zero-order valence-electron chi connectivity index (χ0n) is 13.5. The number of rotatable bonds is 8. The van der Waals surface area contributed by atoms with Crippen LogP contribution in [0.25, 0.3) is 0 Å². The second kappa shape index (κ2) is 7.62. The van der Waals surface area contributed by atoms with Crippen LogP contribution in [0.4, 0.5) is 0 Å². The van der Waals surface area contributed by atoms with Crippen molar-refractivity contribution in [1.29, 1.82) is 0 Å². The van der Waals surface area contributed by atoms with E-state index in [1.165, 1.54) is 18.4 Å². The van der Waals surface area contributed by atoms with Crippen LogP contribution in [-0.4, -0.2) is 25.3 Å². The first-order chi connectivity index (χ1) is 9.92. The molecule has 0 radical (unpaired) electrons. The van der Waals surface area contributed by atoms with Gasteiger partial charge < -0.3 is 10.1 Å². The summed E-state index contributed by atoms with van der Waals surface area (Å²) in [4.78, 5) is 0. The largest absolute Gasteiger partial charge is 0.381 e. The van der Waals surface area contributed by atoms with Crippen molar-refractivity contribution in [1.82, 2.24) is 5.32 Å². The van der Waals surface area contributed by atoms with Crippen molar-refractivity contribution in [3.8, 4) is 0 Å². The monoisotopic (exact) mass is 309 g/mol. The molecule has 0 heterocycles. The highest BCUT2D eigenvalue weighted by Gasteiger charge is 2.22. The van der Waals surface area contributed by atoms with Gasteiger partial charge in [-0.15, -0.1) is 0 Å². The van der Waals surface area contributed by atoms with Gasteiger partial charge >= 0.3 is 0 Å². The van der Waals surface area contributed by atoms with Gasteiger partial charge in [0.25, 0.3) is 0 Å². The molecular weight excluding hydrogens is 282 g/mol. The third kappa shape index (κ3) is 7.30. The minimum absolute atomic E-state index is 0.142. The molecule has 1 N–H and O–H groups in total. The summed E-state index contributed by atoms with van der Waals surface area (Å²) in [6, 6.07) is 8.16. The van der Waals surface area contributed by atoms with Gasteiger partial charge in [-0.2, -0.15) is 0 Å². The van der Waals surface area contributed by atoms with Gasteiger partial charge in [-0.1, -0.05) is 23.7 Å². The molecule has 0 saturated heterocycles. The third-order valence-corrected chi connectivity index (χ3v) is 3.97. The lowest BCUT2D eigenvalue weighted by molar-refractivity contribution is 0.0885. The Kier molecular flexibility index (Phi) is 6.09. The standard InChI is InChI=1S/C18H28ClNO/c1-18(2,3)20-11-16(13-21-12-14-7-8-14)9-15-5-4-6-17(19)10-15/h4-6,10,14,16,20H,7-9,11-13H2,1-3H3. The summed E-state index contributed by atoms with van der Waals surface area (Å²) in [6.45, 7) is 9.34. The van der Waals surface area contributed by atoms with Crippen molar-refractivity contribution in [2.75, 3.05) is 19.8 Å². The van der Waals surface area contributed by atoms with Crippen LogP contribution in [0.5, 0.6) is 0 Å². The molecule has 1 aliphatic rings. The van der Waals surface area contributed by atoms with Crippen LogP contribution in [0.3, 0.4) is 0 Å². The quantitative estimate of drug-likeness (QED) is 0.772. The fraction of sp³-hybridized carbons (Fsp3) is 0.667. The van der Waals surface area contributed by atoms with E-state index in [9.17, 15) is 0 Å². The molecule has 1 unspecified atom stereocenters. The van der Waals surface area contributed by atoms with E-state index in [-0.39, 0.29) is 5.54 Å². The van der Waals surface area contributed by atoms with Crippen LogP contribution in [0.2, 0.25) is 5.02 Å². The maximum absolute atomic E-state index is 6.09. The van der Waals surface area contributed by atoms with E-state index in [2.05, 4.69) is 38.2 Å². The first-order valence-corrected chi connectivity index (χ1v) is 8.37. The van der Waals surface area contributed by atoms with Crippen molar-refractivity contribution in [2.24, 2.45) is 11.8 Å². The zero-order valence-corrected chi connectivity index (χ0v) is 14.2. The SMILES string of the molecule is CC(C)(C)NCC(COCC1CC1)Cc1cccc(Cl)c1. The van der Waals surface area contributed by atoms with Crippen molar-refractivity contribution in [3.63, 3.8) is 0 Å². The normalized spacial score (nSPS) is 17.0. The highest BCUT2D eigenvalue weighted by molar-refractivity contribution is 6.30. The van der Waals surface area contributed by atoms with Crippen LogP contribution in [0, 0.1) is 11.8 Å². The lowest BCUT2D eigenvalue weighted by Crippen LogP contribution is -2.40. The van der Waals surface area contributed by atoms with E-state index in [4.69, 9.17) is 16.3 Å². The summed E-state index contributed by atoms with van der Waals surface area (Å²) >= 11 is 6.09. The summed E-state index contributed by atoms with van der Waals surface area (Å²) in [6.07, 6.45) is 3.70. The van der Waals surface area contributed by atoms with E-state index in [1.54, 1.807) is 0 Å². The molecular formula is C18H28ClNO. The molecule has 2 rings (SSSR count). The molecule has 1 saturated carbocycles. The second-order valence-electron chi connectivity index (χ2n) is 7.31. The highest BCUT2D eigenvalue weighted by atomic mass is 35.5. The molecule has 1 aliphatic carbocycles. The maximum atomic E-state index is 6.09. The third-order valence-electron chi connectivity index (χ3n) is 3.74. The molecule has 1 fully saturated rings. The maximum Gasteiger partial charge on any atom is 0.0509 e. The predicted octanol–water partition coefficient (Wildman–Crippen LogP) is 4.31. The van der Waals surface area contributed by atoms with Crippen molar-refractivity contribution >= 4 is 11.6 Å². The molecule has 1 aromatic rings. The number of halogens is 1. The summed E-state index contributed by atoms with van der Waals surface area (Å²) in [5, 5.41) is 4.41. The van der Waals surface area contributed by atoms with Crippen LogP contribution in [-0.2, 0) is 11.2 Å². The summed E-state index contributed by atoms with van der Waals surface area (Å²) in [7, 11) is 0.